The monoisotopic (exact) mass is 424 g/mol. The molecule has 1 aromatic heterocycles. The Bertz CT molecular complexity index is 745. The molecule has 2 rings (SSSR count). The number of benzene rings is 1. The van der Waals surface area contributed by atoms with Crippen LogP contribution in [0.3, 0.4) is 0 Å². The van der Waals surface area contributed by atoms with Gasteiger partial charge in [-0.2, -0.15) is 0 Å². The van der Waals surface area contributed by atoms with Crippen LogP contribution in [-0.2, 0) is 16.0 Å². The van der Waals surface area contributed by atoms with E-state index in [1.54, 1.807) is 18.4 Å². The zero-order valence-corrected chi connectivity index (χ0v) is 16.4. The lowest BCUT2D eigenvalue weighted by atomic mass is 10.1. The lowest BCUT2D eigenvalue weighted by Crippen LogP contribution is -2.40. The summed E-state index contributed by atoms with van der Waals surface area (Å²) in [6.45, 7) is 5.87. The number of nitrogens with zero attached hydrogens (tertiary/aromatic N) is 1. The van der Waals surface area contributed by atoms with Crippen LogP contribution in [0.2, 0.25) is 0 Å². The molecule has 0 aliphatic rings. The Balaban J connectivity index is 1.98. The molecule has 26 heavy (non-hydrogen) atoms. The fourth-order valence-corrected chi connectivity index (χ4v) is 3.00. The van der Waals surface area contributed by atoms with Gasteiger partial charge in [0.25, 0.3) is 5.91 Å². The summed E-state index contributed by atoms with van der Waals surface area (Å²) in [6.07, 6.45) is 1.44. The van der Waals surface area contributed by atoms with Gasteiger partial charge in [0.15, 0.2) is 0 Å². The van der Waals surface area contributed by atoms with Gasteiger partial charge >= 0.3 is 0 Å². The number of nitrogens with one attached hydrogen (secondary N) is 1. The third-order valence-corrected chi connectivity index (χ3v) is 4.83. The van der Waals surface area contributed by atoms with Gasteiger partial charge in [-0.05, 0) is 58.8 Å². The molecule has 5 nitrogen and oxygen atoms in total. The Labute approximate surface area is 160 Å². The van der Waals surface area contributed by atoms with Crippen LogP contribution < -0.4 is 5.32 Å². The highest BCUT2D eigenvalue weighted by atomic mass is 79.9. The average Bonchev–Trinajstić information content (AvgIpc) is 3.15. The van der Waals surface area contributed by atoms with Crippen molar-refractivity contribution in [3.8, 4) is 0 Å². The van der Waals surface area contributed by atoms with Crippen molar-refractivity contribution in [3.05, 3.63) is 58.2 Å². The van der Waals surface area contributed by atoms with E-state index in [1.165, 1.54) is 12.1 Å². The van der Waals surface area contributed by atoms with Crippen molar-refractivity contribution in [1.82, 2.24) is 10.2 Å². The first kappa shape index (κ1) is 20.3. The summed E-state index contributed by atoms with van der Waals surface area (Å²) in [4.78, 5) is 26.4. The molecule has 1 N–H and O–H groups in total. The van der Waals surface area contributed by atoms with Gasteiger partial charge < -0.3 is 9.73 Å². The minimum absolute atomic E-state index is 0.146. The second kappa shape index (κ2) is 9.64. The van der Waals surface area contributed by atoms with Crippen molar-refractivity contribution in [2.24, 2.45) is 0 Å². The summed E-state index contributed by atoms with van der Waals surface area (Å²) >= 11 is 3.06. The van der Waals surface area contributed by atoms with Gasteiger partial charge in [-0.25, -0.2) is 4.39 Å². The van der Waals surface area contributed by atoms with E-state index in [9.17, 15) is 14.0 Å². The van der Waals surface area contributed by atoms with Crippen molar-refractivity contribution in [2.75, 3.05) is 19.6 Å². The van der Waals surface area contributed by atoms with Crippen molar-refractivity contribution in [3.63, 3.8) is 0 Å². The lowest BCUT2D eigenvalue weighted by Gasteiger charge is -2.28. The van der Waals surface area contributed by atoms with E-state index in [0.717, 1.165) is 18.8 Å². The van der Waals surface area contributed by atoms with Crippen molar-refractivity contribution in [2.45, 2.75) is 26.3 Å². The second-order valence-electron chi connectivity index (χ2n) is 5.81. The first-order chi connectivity index (χ1) is 12.5. The zero-order valence-electron chi connectivity index (χ0n) is 14.8. The maximum atomic E-state index is 13.5. The van der Waals surface area contributed by atoms with Crippen LogP contribution in [0.1, 0.15) is 31.2 Å². The van der Waals surface area contributed by atoms with Crippen LogP contribution in [-0.4, -0.2) is 36.2 Å². The van der Waals surface area contributed by atoms with Crippen LogP contribution in [0.5, 0.6) is 0 Å². The van der Waals surface area contributed by atoms with Crippen LogP contribution in [0.25, 0.3) is 0 Å². The molecule has 1 atom stereocenters. The van der Waals surface area contributed by atoms with Crippen LogP contribution in [0.15, 0.2) is 45.5 Å². The molecule has 140 valence electrons. The number of carbonyl (C=O) groups excluding carboxylic acids is 2. The minimum Gasteiger partial charge on any atom is -0.468 e. The number of carbonyl (C=O) groups is 2. The molecular formula is C19H22BrFN2O3. The number of likely N-dealkylation sites (N-methyl/N-ethyl adjacent to an activating group) is 1. The Kier molecular flexibility index (Phi) is 7.53. The van der Waals surface area contributed by atoms with E-state index in [0.29, 0.717) is 10.0 Å². The number of Topliss-reactive ketones (excluding diaryl/α,β-unsaturated/α-hetero) is 1. The van der Waals surface area contributed by atoms with E-state index < -0.39 is 17.5 Å². The topological polar surface area (TPSA) is 62.6 Å². The summed E-state index contributed by atoms with van der Waals surface area (Å²) in [5.41, 5.74) is 0.456. The van der Waals surface area contributed by atoms with Gasteiger partial charge in [-0.3, -0.25) is 14.5 Å². The van der Waals surface area contributed by atoms with Gasteiger partial charge in [-0.1, -0.05) is 19.9 Å². The van der Waals surface area contributed by atoms with Gasteiger partial charge in [0.05, 0.1) is 16.8 Å². The minimum atomic E-state index is -0.683. The molecular weight excluding hydrogens is 403 g/mol. The Morgan fingerprint density at radius 2 is 2.00 bits per heavy atom. The number of hydrogen-bond acceptors (Lipinski definition) is 4. The summed E-state index contributed by atoms with van der Waals surface area (Å²) in [5.74, 6) is -1.02. The van der Waals surface area contributed by atoms with E-state index >= 15 is 0 Å². The van der Waals surface area contributed by atoms with Crippen molar-refractivity contribution < 1.29 is 18.4 Å². The number of rotatable bonds is 9. The molecule has 0 radical (unpaired) electrons. The molecule has 0 bridgehead atoms. The van der Waals surface area contributed by atoms with Gasteiger partial charge in [0.1, 0.15) is 11.6 Å². The summed E-state index contributed by atoms with van der Waals surface area (Å²) in [7, 11) is 0. The Morgan fingerprint density at radius 1 is 1.27 bits per heavy atom. The molecule has 1 heterocycles. The van der Waals surface area contributed by atoms with Gasteiger partial charge in [0.2, 0.25) is 5.78 Å². The predicted molar refractivity (Wildman–Crippen MR) is 100 cm³/mol. The molecule has 0 aliphatic heterocycles. The number of halogens is 2. The molecule has 0 aliphatic carbocycles. The third-order valence-electron chi connectivity index (χ3n) is 4.18. The highest BCUT2D eigenvalue weighted by Gasteiger charge is 2.23. The Hall–Kier alpha value is -1.99. The molecule has 2 aromatic rings. The largest absolute Gasteiger partial charge is 0.468 e. The lowest BCUT2D eigenvalue weighted by molar-refractivity contribution is -0.137. The molecule has 0 saturated carbocycles. The summed E-state index contributed by atoms with van der Waals surface area (Å²) in [5, 5.41) is 2.67. The van der Waals surface area contributed by atoms with Crippen LogP contribution in [0, 0.1) is 5.82 Å². The highest BCUT2D eigenvalue weighted by Crippen LogP contribution is 2.20. The molecule has 1 aromatic carbocycles. The average molecular weight is 425 g/mol. The smallest absolute Gasteiger partial charge is 0.287 e. The number of ketones is 1. The molecule has 1 amide bonds. The van der Waals surface area contributed by atoms with E-state index in [-0.39, 0.29) is 19.0 Å². The van der Waals surface area contributed by atoms with Crippen LogP contribution >= 0.6 is 15.9 Å². The number of amides is 1. The van der Waals surface area contributed by atoms with E-state index in [2.05, 4.69) is 26.1 Å². The van der Waals surface area contributed by atoms with Crippen LogP contribution in [0.4, 0.5) is 4.39 Å². The molecule has 1 unspecified atom stereocenters. The van der Waals surface area contributed by atoms with Crippen molar-refractivity contribution in [1.29, 1.82) is 0 Å². The van der Waals surface area contributed by atoms with Crippen molar-refractivity contribution >= 4 is 27.6 Å². The van der Waals surface area contributed by atoms with Gasteiger partial charge in [0, 0.05) is 13.0 Å². The predicted octanol–water partition coefficient (Wildman–Crippen LogP) is 3.49. The quantitative estimate of drug-likeness (QED) is 0.625. The zero-order chi connectivity index (χ0) is 19.1. The first-order valence-electron chi connectivity index (χ1n) is 8.48. The SMILES string of the molecule is CCN(CC)C(CNC(=O)C(=O)Cc1ccc(Br)c(F)c1)c1ccco1. The maximum Gasteiger partial charge on any atom is 0.287 e. The highest BCUT2D eigenvalue weighted by molar-refractivity contribution is 9.10. The fourth-order valence-electron chi connectivity index (χ4n) is 2.76. The Morgan fingerprint density at radius 3 is 2.58 bits per heavy atom. The maximum absolute atomic E-state index is 13.5. The molecule has 0 fully saturated rings. The normalized spacial score (nSPS) is 12.2. The second-order valence-corrected chi connectivity index (χ2v) is 6.67. The molecule has 7 heteroatoms. The number of hydrogen-bond donors (Lipinski definition) is 1. The van der Waals surface area contributed by atoms with Gasteiger partial charge in [-0.15, -0.1) is 0 Å². The molecule has 0 spiro atoms. The third kappa shape index (κ3) is 5.25. The van der Waals surface area contributed by atoms with E-state index in [4.69, 9.17) is 4.42 Å². The van der Waals surface area contributed by atoms with E-state index in [1.807, 2.05) is 19.9 Å². The summed E-state index contributed by atoms with van der Waals surface area (Å²) in [6, 6.07) is 7.87. The molecule has 0 saturated heterocycles. The number of furan rings is 1. The summed E-state index contributed by atoms with van der Waals surface area (Å²) < 4.78 is 19.3. The first-order valence-corrected chi connectivity index (χ1v) is 9.27. The standard InChI is InChI=1S/C19H22BrFN2O3/c1-3-23(4-2)16(18-6-5-9-26-18)12-22-19(25)17(24)11-13-7-8-14(20)15(21)10-13/h5-10,16H,3-4,11-12H2,1-2H3,(H,22,25). The fraction of sp³-hybridized carbons (Fsp3) is 0.368.